The van der Waals surface area contributed by atoms with E-state index in [1.807, 2.05) is 48.6 Å². The van der Waals surface area contributed by atoms with Crippen molar-refractivity contribution in [1.82, 2.24) is 19.9 Å². The Bertz CT molecular complexity index is 1370. The number of hydrogen-bond acceptors (Lipinski definition) is 4. The summed E-state index contributed by atoms with van der Waals surface area (Å²) in [5.74, 6) is -0.120. The normalized spacial score (nSPS) is 11.8. The van der Waals surface area contributed by atoms with Crippen LogP contribution in [0.15, 0.2) is 66.7 Å². The predicted octanol–water partition coefficient (Wildman–Crippen LogP) is 4.93. The summed E-state index contributed by atoms with van der Waals surface area (Å²) in [5.41, 5.74) is 7.86. The third kappa shape index (κ3) is 4.90. The standard InChI is InChI=1S/C20H14N4.C6H5O2.Cu/c1-2-14-10-16-5-6-18(23-16)12-20-8-7-19(24-20)11-17-4-3-15(22-17)9-13(1)21-14;7-5-2-1-3-6(8)4-5;/h1-12,21,24H;1-3,7-8H;. The number of H-pyrrole nitrogens is 2. The SMILES string of the molecule is C1=Cc2cc3ccc(cc4nc(cc5ccc(cc1n2)[nH]5)C=C4)[nH]3.Oc1cccc(O)[c]1[Cu]. The van der Waals surface area contributed by atoms with Gasteiger partial charge in [0.05, 0.1) is 22.8 Å². The summed E-state index contributed by atoms with van der Waals surface area (Å²) in [4.78, 5) is 16.0. The number of nitrogens with one attached hydrogen (secondary N) is 2. The first-order valence-electron chi connectivity index (χ1n) is 10.2. The fraction of sp³-hybridized carbons (Fsp3) is 0. The molecule has 6 rings (SSSR count). The van der Waals surface area contributed by atoms with Gasteiger partial charge < -0.3 is 9.97 Å². The van der Waals surface area contributed by atoms with E-state index >= 15 is 0 Å². The van der Waals surface area contributed by atoms with Crippen LogP contribution in [-0.2, 0) is 16.0 Å². The summed E-state index contributed by atoms with van der Waals surface area (Å²) in [7, 11) is 0. The molecule has 0 saturated heterocycles. The second-order valence-corrected chi connectivity index (χ2v) is 7.95. The summed E-state index contributed by atoms with van der Waals surface area (Å²) in [6.07, 6.45) is 8.09. The summed E-state index contributed by atoms with van der Waals surface area (Å²) < 4.78 is 0.0880. The number of aromatic amines is 2. The maximum atomic E-state index is 8.83. The van der Waals surface area contributed by atoms with E-state index in [4.69, 9.17) is 26.2 Å². The molecule has 166 valence electrons. The first-order chi connectivity index (χ1) is 16.0. The van der Waals surface area contributed by atoms with Crippen molar-refractivity contribution in [1.29, 1.82) is 0 Å². The summed E-state index contributed by atoms with van der Waals surface area (Å²) >= 11 is 4.74. The monoisotopic (exact) mass is 482 g/mol. The van der Waals surface area contributed by atoms with Gasteiger partial charge in [-0.25, -0.2) is 9.97 Å². The average molecular weight is 483 g/mol. The number of aromatic nitrogens is 4. The molecule has 0 amide bonds. The molecule has 0 radical (unpaired) electrons. The van der Waals surface area contributed by atoms with E-state index in [1.54, 1.807) is 0 Å². The molecule has 5 heterocycles. The first kappa shape index (κ1) is 20.8. The van der Waals surface area contributed by atoms with Crippen molar-refractivity contribution < 1.29 is 26.2 Å². The maximum absolute atomic E-state index is 8.83. The molecule has 33 heavy (non-hydrogen) atoms. The van der Waals surface area contributed by atoms with Crippen LogP contribution >= 0.6 is 0 Å². The molecule has 0 spiro atoms. The van der Waals surface area contributed by atoms with E-state index in [0.717, 1.165) is 44.8 Å². The third-order valence-corrected chi connectivity index (χ3v) is 5.44. The molecule has 4 N–H and O–H groups in total. The Balaban J connectivity index is 0.000000215. The molecule has 7 heteroatoms. The van der Waals surface area contributed by atoms with Crippen LogP contribution in [0, 0.1) is 0 Å². The fourth-order valence-corrected chi connectivity index (χ4v) is 3.60. The van der Waals surface area contributed by atoms with Gasteiger partial charge >= 0.3 is 60.4 Å². The molecule has 0 fully saturated rings. The first-order valence-corrected chi connectivity index (χ1v) is 10.7. The van der Waals surface area contributed by atoms with Gasteiger partial charge in [-0.2, -0.15) is 0 Å². The Morgan fingerprint density at radius 3 is 1.18 bits per heavy atom. The van der Waals surface area contributed by atoms with Crippen molar-refractivity contribution in [2.75, 3.05) is 0 Å². The second-order valence-electron chi connectivity index (χ2n) is 7.48. The van der Waals surface area contributed by atoms with Crippen molar-refractivity contribution >= 4 is 50.8 Å². The molecule has 8 bridgehead atoms. The van der Waals surface area contributed by atoms with Crippen molar-refractivity contribution in [2.45, 2.75) is 0 Å². The van der Waals surface area contributed by atoms with Gasteiger partial charge in [-0.15, -0.1) is 0 Å². The number of rotatable bonds is 0. The Kier molecular flexibility index (Phi) is 5.57. The summed E-state index contributed by atoms with van der Waals surface area (Å²) in [5, 5.41) is 17.7. The van der Waals surface area contributed by atoms with Crippen LogP contribution in [0.1, 0.15) is 22.8 Å². The molecule has 1 aromatic carbocycles. The van der Waals surface area contributed by atoms with E-state index in [-0.39, 0.29) is 16.0 Å². The van der Waals surface area contributed by atoms with Crippen molar-refractivity contribution in [3.63, 3.8) is 0 Å². The summed E-state index contributed by atoms with van der Waals surface area (Å²) in [6, 6.07) is 20.7. The van der Waals surface area contributed by atoms with Crippen LogP contribution in [0.5, 0.6) is 11.5 Å². The fourth-order valence-electron chi connectivity index (χ4n) is 3.44. The van der Waals surface area contributed by atoms with Gasteiger partial charge in [-0.05, 0) is 72.8 Å². The van der Waals surface area contributed by atoms with Crippen LogP contribution < -0.4 is 4.46 Å². The molecular weight excluding hydrogens is 464 g/mol. The van der Waals surface area contributed by atoms with Gasteiger partial charge in [0.25, 0.3) is 0 Å². The van der Waals surface area contributed by atoms with E-state index in [2.05, 4.69) is 44.2 Å². The molecule has 0 unspecified atom stereocenters. The van der Waals surface area contributed by atoms with Crippen LogP contribution in [0.2, 0.25) is 0 Å². The molecule has 3 aromatic heterocycles. The number of phenols is 2. The zero-order valence-electron chi connectivity index (χ0n) is 17.3. The zero-order valence-corrected chi connectivity index (χ0v) is 18.2. The number of fused-ring (bicyclic) bond motifs is 8. The second kappa shape index (κ2) is 8.82. The predicted molar refractivity (Wildman–Crippen MR) is 128 cm³/mol. The van der Waals surface area contributed by atoms with E-state index in [1.165, 1.54) is 18.2 Å². The van der Waals surface area contributed by atoms with Crippen molar-refractivity contribution in [3.05, 3.63) is 89.5 Å². The quantitative estimate of drug-likeness (QED) is 0.231. The molecule has 6 nitrogen and oxygen atoms in total. The van der Waals surface area contributed by atoms with Gasteiger partial charge in [-0.3, -0.25) is 0 Å². The molecule has 0 aliphatic carbocycles. The topological polar surface area (TPSA) is 97.8 Å². The number of nitrogens with zero attached hydrogens (tertiary/aromatic N) is 2. The van der Waals surface area contributed by atoms with Crippen LogP contribution in [-0.4, -0.2) is 30.1 Å². The van der Waals surface area contributed by atoms with Gasteiger partial charge in [0.2, 0.25) is 0 Å². The van der Waals surface area contributed by atoms with E-state index < -0.39 is 0 Å². The van der Waals surface area contributed by atoms with Crippen LogP contribution in [0.4, 0.5) is 0 Å². The Morgan fingerprint density at radius 1 is 0.545 bits per heavy atom. The molecule has 0 atom stereocenters. The number of hydrogen-bond donors (Lipinski definition) is 4. The average Bonchev–Trinajstić information content (AvgIpc) is 3.58. The molecule has 2 aliphatic rings. The molecular formula is C26H19CuN4O2. The Labute approximate surface area is 197 Å². The van der Waals surface area contributed by atoms with Gasteiger partial charge in [0, 0.05) is 22.1 Å². The summed E-state index contributed by atoms with van der Waals surface area (Å²) in [6.45, 7) is 0. The van der Waals surface area contributed by atoms with Crippen molar-refractivity contribution in [3.8, 4) is 11.5 Å². The van der Waals surface area contributed by atoms with Crippen LogP contribution in [0.3, 0.4) is 0 Å². The van der Waals surface area contributed by atoms with E-state index in [0.29, 0.717) is 0 Å². The number of benzene rings is 1. The zero-order chi connectivity index (χ0) is 22.8. The number of aromatic hydroxyl groups is 2. The molecule has 4 aromatic rings. The molecule has 2 aliphatic heterocycles. The van der Waals surface area contributed by atoms with Crippen LogP contribution in [0.25, 0.3) is 46.4 Å². The number of phenolic OH excluding ortho intramolecular Hbond substituents is 2. The minimum absolute atomic E-state index is 0.0602. The Hall–Kier alpha value is -4.06. The third-order valence-electron chi connectivity index (χ3n) is 4.96. The minimum atomic E-state index is -0.0602. The van der Waals surface area contributed by atoms with Gasteiger partial charge in [0.15, 0.2) is 0 Å². The van der Waals surface area contributed by atoms with Crippen molar-refractivity contribution in [2.24, 2.45) is 0 Å². The Morgan fingerprint density at radius 2 is 0.879 bits per heavy atom. The van der Waals surface area contributed by atoms with Gasteiger partial charge in [0.1, 0.15) is 0 Å². The molecule has 0 saturated carbocycles. The van der Waals surface area contributed by atoms with E-state index in [9.17, 15) is 0 Å². The van der Waals surface area contributed by atoms with Gasteiger partial charge in [-0.1, -0.05) is 0 Å².